The fourth-order valence-electron chi connectivity index (χ4n) is 3.18. The van der Waals surface area contributed by atoms with Crippen LogP contribution in [-0.2, 0) is 13.5 Å². The number of primary amides is 1. The van der Waals surface area contributed by atoms with Gasteiger partial charge >= 0.3 is 6.03 Å². The number of halogens is 1. The lowest BCUT2D eigenvalue weighted by atomic mass is 10.0. The molecule has 9 nitrogen and oxygen atoms in total. The quantitative estimate of drug-likeness (QED) is 0.322. The Hall–Kier alpha value is -3.48. The summed E-state index contributed by atoms with van der Waals surface area (Å²) < 4.78 is 1.87. The summed E-state index contributed by atoms with van der Waals surface area (Å²) in [4.78, 5) is 26.2. The Morgan fingerprint density at radius 2 is 2.12 bits per heavy atom. The molecule has 32 heavy (non-hydrogen) atoms. The van der Waals surface area contributed by atoms with E-state index in [2.05, 4.69) is 14.9 Å². The minimum atomic E-state index is -0.630. The van der Waals surface area contributed by atoms with Crippen molar-refractivity contribution >= 4 is 34.7 Å². The highest BCUT2D eigenvalue weighted by Crippen LogP contribution is 2.29. The molecule has 2 heterocycles. The molecule has 166 valence electrons. The lowest BCUT2D eigenvalue weighted by Gasteiger charge is -2.17. The predicted molar refractivity (Wildman–Crippen MR) is 127 cm³/mol. The number of carbonyl (C=O) groups is 1. The first kappa shape index (κ1) is 23.2. The second-order valence-electron chi connectivity index (χ2n) is 7.59. The first-order valence-corrected chi connectivity index (χ1v) is 10.4. The van der Waals surface area contributed by atoms with E-state index in [1.54, 1.807) is 24.8 Å². The van der Waals surface area contributed by atoms with E-state index >= 15 is 0 Å². The van der Waals surface area contributed by atoms with Crippen molar-refractivity contribution in [3.05, 3.63) is 58.3 Å². The summed E-state index contributed by atoms with van der Waals surface area (Å²) in [6.45, 7) is 8.39. The highest BCUT2D eigenvalue weighted by Gasteiger charge is 2.14. The molecule has 0 bridgehead atoms. The van der Waals surface area contributed by atoms with Crippen molar-refractivity contribution in [1.82, 2.24) is 24.4 Å². The number of hydrogen-bond acceptors (Lipinski definition) is 5. The molecule has 0 aliphatic heterocycles. The van der Waals surface area contributed by atoms with Crippen LogP contribution in [0.5, 0.6) is 0 Å². The highest BCUT2D eigenvalue weighted by molar-refractivity contribution is 6.32. The average Bonchev–Trinajstić information content (AvgIpc) is 3.17. The van der Waals surface area contributed by atoms with Crippen molar-refractivity contribution in [2.45, 2.75) is 6.42 Å². The second kappa shape index (κ2) is 10.2. The van der Waals surface area contributed by atoms with Gasteiger partial charge in [0.15, 0.2) is 0 Å². The molecule has 0 saturated carbocycles. The summed E-state index contributed by atoms with van der Waals surface area (Å²) in [5, 5.41) is 6.96. The highest BCUT2D eigenvalue weighted by atomic mass is 35.5. The molecule has 0 fully saturated rings. The van der Waals surface area contributed by atoms with Crippen molar-refractivity contribution in [2.75, 3.05) is 33.7 Å². The maximum absolute atomic E-state index is 11.9. The van der Waals surface area contributed by atoms with Crippen LogP contribution < -0.4 is 5.73 Å². The van der Waals surface area contributed by atoms with Gasteiger partial charge in [0, 0.05) is 36.0 Å². The summed E-state index contributed by atoms with van der Waals surface area (Å²) in [6, 6.07) is 4.99. The van der Waals surface area contributed by atoms with Gasteiger partial charge in [-0.05, 0) is 37.9 Å². The van der Waals surface area contributed by atoms with Crippen LogP contribution in [-0.4, -0.2) is 70.4 Å². The zero-order chi connectivity index (χ0) is 23.3. The van der Waals surface area contributed by atoms with E-state index in [1.165, 1.54) is 5.01 Å². The minimum Gasteiger partial charge on any atom is -0.350 e. The normalized spacial score (nSPS) is 11.4. The number of nitrogens with zero attached hydrogens (tertiary/aromatic N) is 7. The average molecular weight is 453 g/mol. The van der Waals surface area contributed by atoms with Crippen LogP contribution in [0.2, 0.25) is 5.02 Å². The molecule has 0 aliphatic carbocycles. The smallest absolute Gasteiger partial charge is 0.335 e. The van der Waals surface area contributed by atoms with Gasteiger partial charge in [0.25, 0.3) is 0 Å². The number of fused-ring (bicyclic) bond motifs is 1. The largest absolute Gasteiger partial charge is 0.350 e. The Labute approximate surface area is 191 Å². The number of likely N-dealkylation sites (N-methyl/N-ethyl adjacent to an activating group) is 1. The number of hydrazone groups is 1. The number of carbonyl (C=O) groups excluding carboxylic acids is 1. The molecule has 2 N–H and O–H groups in total. The van der Waals surface area contributed by atoms with E-state index in [4.69, 9.17) is 28.9 Å². The zero-order valence-electron chi connectivity index (χ0n) is 18.3. The van der Waals surface area contributed by atoms with Crippen LogP contribution in [0.1, 0.15) is 11.1 Å². The Morgan fingerprint density at radius 3 is 2.75 bits per heavy atom. The van der Waals surface area contributed by atoms with Crippen LogP contribution in [0.3, 0.4) is 0 Å². The molecule has 0 atom stereocenters. The Balaban J connectivity index is 2.12. The number of rotatable bonds is 8. The first-order valence-electron chi connectivity index (χ1n) is 9.99. The number of nitrogens with two attached hydrogens (primary N) is 1. The number of imidazole rings is 1. The fraction of sp³-hybridized carbons (Fsp3) is 0.318. The molecule has 10 heteroatoms. The molecule has 0 spiro atoms. The molecular formula is C22H25ClN8O. The van der Waals surface area contributed by atoms with E-state index in [9.17, 15) is 4.79 Å². The number of aryl methyl sites for hydroxylation is 1. The molecule has 0 radical (unpaired) electrons. The van der Waals surface area contributed by atoms with E-state index in [0.29, 0.717) is 42.3 Å². The maximum Gasteiger partial charge on any atom is 0.335 e. The maximum atomic E-state index is 11.9. The van der Waals surface area contributed by atoms with Gasteiger partial charge in [-0.3, -0.25) is 0 Å². The zero-order valence-corrected chi connectivity index (χ0v) is 19.0. The lowest BCUT2D eigenvalue weighted by molar-refractivity contribution is 0.204. The second-order valence-corrected chi connectivity index (χ2v) is 8.00. The number of hydrogen-bond donors (Lipinski definition) is 1. The molecule has 2 aromatic heterocycles. The van der Waals surface area contributed by atoms with Crippen molar-refractivity contribution in [3.63, 3.8) is 0 Å². The number of amides is 2. The lowest BCUT2D eigenvalue weighted by Crippen LogP contribution is -2.36. The Bertz CT molecular complexity index is 1190. The third-order valence-corrected chi connectivity index (χ3v) is 5.28. The van der Waals surface area contributed by atoms with Crippen LogP contribution in [0.4, 0.5) is 4.79 Å². The van der Waals surface area contributed by atoms with Crippen LogP contribution in [0, 0.1) is 6.57 Å². The Morgan fingerprint density at radius 1 is 1.34 bits per heavy atom. The number of aromatic nitrogens is 3. The first-order chi connectivity index (χ1) is 15.3. The van der Waals surface area contributed by atoms with Gasteiger partial charge in [0.1, 0.15) is 0 Å². The van der Waals surface area contributed by atoms with E-state index < -0.39 is 6.03 Å². The number of benzene rings is 1. The van der Waals surface area contributed by atoms with Gasteiger partial charge < -0.3 is 20.0 Å². The minimum absolute atomic E-state index is 0.342. The van der Waals surface area contributed by atoms with Crippen molar-refractivity contribution in [1.29, 1.82) is 0 Å². The summed E-state index contributed by atoms with van der Waals surface area (Å²) in [7, 11) is 5.71. The molecular weight excluding hydrogens is 428 g/mol. The molecule has 0 aliphatic rings. The third kappa shape index (κ3) is 5.41. The molecule has 0 unspecified atom stereocenters. The Kier molecular flexibility index (Phi) is 7.41. The molecule has 1 aromatic carbocycles. The fourth-order valence-corrected chi connectivity index (χ4v) is 3.43. The van der Waals surface area contributed by atoms with Crippen LogP contribution >= 0.6 is 11.6 Å². The van der Waals surface area contributed by atoms with Gasteiger partial charge in [0.05, 0.1) is 42.2 Å². The summed E-state index contributed by atoms with van der Waals surface area (Å²) in [6.07, 6.45) is 5.57. The SMILES string of the molecule is [C-]#[N+]CCc1cc2c(/C=N/N(CCN(C)C)C(N)=O)cc(-c3cncn3C)nc2cc1Cl. The summed E-state index contributed by atoms with van der Waals surface area (Å²) >= 11 is 6.47. The summed E-state index contributed by atoms with van der Waals surface area (Å²) in [5.41, 5.74) is 9.33. The van der Waals surface area contributed by atoms with Crippen LogP contribution in [0.15, 0.2) is 35.8 Å². The third-order valence-electron chi connectivity index (χ3n) is 4.93. The van der Waals surface area contributed by atoms with Gasteiger partial charge in [-0.15, -0.1) is 0 Å². The van der Waals surface area contributed by atoms with Gasteiger partial charge in [0.2, 0.25) is 6.54 Å². The number of pyridine rings is 1. The molecule has 3 rings (SSSR count). The van der Waals surface area contributed by atoms with Gasteiger partial charge in [-0.2, -0.15) is 5.10 Å². The topological polar surface area (TPSA) is 97.0 Å². The standard InChI is InChI=1S/C22H25ClN8O/c1-25-6-5-15-9-17-16(12-27-31(22(24)32)8-7-29(2)3)10-20(21-13-26-14-30(21)4)28-19(17)11-18(15)23/h9-14H,5-8H2,2-4H3,(H2,24,32)/b27-12+. The van der Waals surface area contributed by atoms with Gasteiger partial charge in [-0.25, -0.2) is 26.3 Å². The molecule has 0 saturated heterocycles. The monoisotopic (exact) mass is 452 g/mol. The predicted octanol–water partition coefficient (Wildman–Crippen LogP) is 3.03. The van der Waals surface area contributed by atoms with E-state index in [0.717, 1.165) is 22.2 Å². The molecule has 3 aromatic rings. The summed E-state index contributed by atoms with van der Waals surface area (Å²) in [5.74, 6) is 0. The van der Waals surface area contributed by atoms with E-state index in [-0.39, 0.29) is 0 Å². The van der Waals surface area contributed by atoms with Crippen LogP contribution in [0.25, 0.3) is 27.1 Å². The van der Waals surface area contributed by atoms with E-state index in [1.807, 2.05) is 42.7 Å². The number of urea groups is 1. The van der Waals surface area contributed by atoms with Crippen molar-refractivity contribution in [3.8, 4) is 11.4 Å². The molecule has 2 amide bonds. The van der Waals surface area contributed by atoms with Crippen molar-refractivity contribution in [2.24, 2.45) is 17.9 Å². The van der Waals surface area contributed by atoms with Gasteiger partial charge in [-0.1, -0.05) is 11.6 Å². The van der Waals surface area contributed by atoms with Crippen molar-refractivity contribution < 1.29 is 4.79 Å².